The van der Waals surface area contributed by atoms with E-state index in [1.807, 2.05) is 64.1 Å². The maximum atomic E-state index is 12.6. The van der Waals surface area contributed by atoms with Crippen LogP contribution in [0.15, 0.2) is 48.7 Å². The fourth-order valence-corrected chi connectivity index (χ4v) is 2.87. The molecule has 0 aliphatic heterocycles. The SMILES string of the molecule is Cc1ccc(Nc2nccc(C(=O)Nc3c(C)cc(C)cc3C)n2)cc1. The topological polar surface area (TPSA) is 66.9 Å². The van der Waals surface area contributed by atoms with Crippen molar-refractivity contribution >= 4 is 23.2 Å². The van der Waals surface area contributed by atoms with E-state index in [1.54, 1.807) is 12.3 Å². The Hall–Kier alpha value is -3.21. The maximum absolute atomic E-state index is 12.6. The van der Waals surface area contributed by atoms with Gasteiger partial charge in [0.05, 0.1) is 0 Å². The lowest BCUT2D eigenvalue weighted by Crippen LogP contribution is -2.16. The molecular formula is C21H22N4O. The highest BCUT2D eigenvalue weighted by atomic mass is 16.1. The molecule has 0 fully saturated rings. The highest BCUT2D eigenvalue weighted by Crippen LogP contribution is 2.22. The van der Waals surface area contributed by atoms with Crippen molar-refractivity contribution in [3.63, 3.8) is 0 Å². The number of rotatable bonds is 4. The van der Waals surface area contributed by atoms with Crippen molar-refractivity contribution in [2.45, 2.75) is 27.7 Å². The van der Waals surface area contributed by atoms with Gasteiger partial charge in [-0.25, -0.2) is 9.97 Å². The number of anilines is 3. The summed E-state index contributed by atoms with van der Waals surface area (Å²) in [5.74, 6) is 0.133. The van der Waals surface area contributed by atoms with E-state index >= 15 is 0 Å². The molecule has 0 atom stereocenters. The average Bonchev–Trinajstić information content (AvgIpc) is 2.60. The van der Waals surface area contributed by atoms with Crippen LogP contribution in [-0.2, 0) is 0 Å². The molecule has 0 radical (unpaired) electrons. The number of carbonyl (C=O) groups is 1. The first-order valence-electron chi connectivity index (χ1n) is 8.48. The summed E-state index contributed by atoms with van der Waals surface area (Å²) in [6.07, 6.45) is 1.58. The molecule has 0 bridgehead atoms. The lowest BCUT2D eigenvalue weighted by atomic mass is 10.1. The summed E-state index contributed by atoms with van der Waals surface area (Å²) < 4.78 is 0. The van der Waals surface area contributed by atoms with Gasteiger partial charge < -0.3 is 10.6 Å². The summed E-state index contributed by atoms with van der Waals surface area (Å²) >= 11 is 0. The Balaban J connectivity index is 1.79. The predicted molar refractivity (Wildman–Crippen MR) is 105 cm³/mol. The zero-order valence-electron chi connectivity index (χ0n) is 15.4. The number of aromatic nitrogens is 2. The lowest BCUT2D eigenvalue weighted by molar-refractivity contribution is 0.102. The van der Waals surface area contributed by atoms with E-state index in [4.69, 9.17) is 0 Å². The lowest BCUT2D eigenvalue weighted by Gasteiger charge is -2.13. The van der Waals surface area contributed by atoms with Gasteiger partial charge in [0.25, 0.3) is 5.91 Å². The molecule has 2 N–H and O–H groups in total. The van der Waals surface area contributed by atoms with Gasteiger partial charge in [-0.3, -0.25) is 4.79 Å². The largest absolute Gasteiger partial charge is 0.324 e. The second-order valence-corrected chi connectivity index (χ2v) is 6.48. The van der Waals surface area contributed by atoms with Gasteiger partial charge in [0.1, 0.15) is 5.69 Å². The van der Waals surface area contributed by atoms with Crippen molar-refractivity contribution < 1.29 is 4.79 Å². The first-order valence-corrected chi connectivity index (χ1v) is 8.48. The van der Waals surface area contributed by atoms with Gasteiger partial charge >= 0.3 is 0 Å². The molecule has 5 heteroatoms. The number of aryl methyl sites for hydroxylation is 4. The summed E-state index contributed by atoms with van der Waals surface area (Å²) in [7, 11) is 0. The Morgan fingerprint density at radius 2 is 1.54 bits per heavy atom. The minimum atomic E-state index is -0.255. The molecule has 26 heavy (non-hydrogen) atoms. The molecule has 0 spiro atoms. The molecule has 3 aromatic rings. The van der Waals surface area contributed by atoms with Crippen molar-refractivity contribution in [1.29, 1.82) is 0 Å². The average molecular weight is 346 g/mol. The highest BCUT2D eigenvalue weighted by Gasteiger charge is 2.12. The van der Waals surface area contributed by atoms with E-state index in [1.165, 1.54) is 11.1 Å². The molecule has 3 rings (SSSR count). The van der Waals surface area contributed by atoms with Gasteiger partial charge in [-0.05, 0) is 57.0 Å². The second-order valence-electron chi connectivity index (χ2n) is 6.48. The monoisotopic (exact) mass is 346 g/mol. The Bertz CT molecular complexity index is 925. The minimum absolute atomic E-state index is 0.255. The highest BCUT2D eigenvalue weighted by molar-refractivity contribution is 6.03. The minimum Gasteiger partial charge on any atom is -0.324 e. The summed E-state index contributed by atoms with van der Waals surface area (Å²) in [6, 6.07) is 13.6. The zero-order valence-corrected chi connectivity index (χ0v) is 15.4. The van der Waals surface area contributed by atoms with Gasteiger partial charge in [-0.1, -0.05) is 35.4 Å². The fourth-order valence-electron chi connectivity index (χ4n) is 2.87. The third kappa shape index (κ3) is 4.06. The molecule has 0 unspecified atom stereocenters. The van der Waals surface area contributed by atoms with Gasteiger partial charge in [0, 0.05) is 17.6 Å². The van der Waals surface area contributed by atoms with Crippen LogP contribution < -0.4 is 10.6 Å². The third-order valence-corrected chi connectivity index (χ3v) is 4.11. The predicted octanol–water partition coefficient (Wildman–Crippen LogP) is 4.71. The van der Waals surface area contributed by atoms with Crippen molar-refractivity contribution in [1.82, 2.24) is 9.97 Å². The van der Waals surface area contributed by atoms with Crippen LogP contribution in [0.1, 0.15) is 32.7 Å². The number of carbonyl (C=O) groups excluding carboxylic acids is 1. The van der Waals surface area contributed by atoms with E-state index in [-0.39, 0.29) is 5.91 Å². The molecule has 1 aromatic heterocycles. The number of benzene rings is 2. The van der Waals surface area contributed by atoms with E-state index in [9.17, 15) is 4.79 Å². The van der Waals surface area contributed by atoms with Gasteiger partial charge in [0.2, 0.25) is 5.95 Å². The molecule has 5 nitrogen and oxygen atoms in total. The van der Waals surface area contributed by atoms with E-state index in [2.05, 4.69) is 20.6 Å². The van der Waals surface area contributed by atoms with Crippen LogP contribution in [-0.4, -0.2) is 15.9 Å². The Labute approximate surface area is 153 Å². The number of nitrogens with zero attached hydrogens (tertiary/aromatic N) is 2. The van der Waals surface area contributed by atoms with E-state index < -0.39 is 0 Å². The van der Waals surface area contributed by atoms with Crippen molar-refractivity contribution in [3.8, 4) is 0 Å². The zero-order chi connectivity index (χ0) is 18.7. The number of hydrogen-bond donors (Lipinski definition) is 2. The molecule has 0 saturated heterocycles. The first-order chi connectivity index (χ1) is 12.4. The summed E-state index contributed by atoms with van der Waals surface area (Å²) in [5.41, 5.74) is 6.42. The maximum Gasteiger partial charge on any atom is 0.274 e. The van der Waals surface area contributed by atoms with Crippen LogP contribution in [0.25, 0.3) is 0 Å². The fraction of sp³-hybridized carbons (Fsp3) is 0.190. The Kier molecular flexibility index (Phi) is 4.98. The molecule has 1 heterocycles. The first kappa shape index (κ1) is 17.6. The molecule has 132 valence electrons. The van der Waals surface area contributed by atoms with Crippen LogP contribution in [0.4, 0.5) is 17.3 Å². The van der Waals surface area contributed by atoms with Crippen molar-refractivity contribution in [2.24, 2.45) is 0 Å². The summed E-state index contributed by atoms with van der Waals surface area (Å²) in [5, 5.41) is 6.08. The molecule has 0 aliphatic carbocycles. The molecule has 2 aromatic carbocycles. The van der Waals surface area contributed by atoms with Crippen LogP contribution in [0.2, 0.25) is 0 Å². The van der Waals surface area contributed by atoms with E-state index in [0.29, 0.717) is 11.6 Å². The summed E-state index contributed by atoms with van der Waals surface area (Å²) in [6.45, 7) is 8.04. The van der Waals surface area contributed by atoms with Gasteiger partial charge in [-0.2, -0.15) is 0 Å². The number of amides is 1. The number of nitrogens with one attached hydrogen (secondary N) is 2. The normalized spacial score (nSPS) is 10.5. The number of hydrogen-bond acceptors (Lipinski definition) is 4. The van der Waals surface area contributed by atoms with Gasteiger partial charge in [-0.15, -0.1) is 0 Å². The third-order valence-electron chi connectivity index (χ3n) is 4.11. The molecule has 0 saturated carbocycles. The molecule has 0 aliphatic rings. The van der Waals surface area contributed by atoms with Crippen LogP contribution in [0, 0.1) is 27.7 Å². The second kappa shape index (κ2) is 7.35. The van der Waals surface area contributed by atoms with Crippen LogP contribution in [0.5, 0.6) is 0 Å². The van der Waals surface area contributed by atoms with Crippen molar-refractivity contribution in [2.75, 3.05) is 10.6 Å². The van der Waals surface area contributed by atoms with Gasteiger partial charge in [0.15, 0.2) is 0 Å². The van der Waals surface area contributed by atoms with Crippen LogP contribution in [0.3, 0.4) is 0 Å². The molecular weight excluding hydrogens is 324 g/mol. The Morgan fingerprint density at radius 1 is 0.885 bits per heavy atom. The summed E-state index contributed by atoms with van der Waals surface area (Å²) in [4.78, 5) is 21.1. The molecule has 1 amide bonds. The quantitative estimate of drug-likeness (QED) is 0.718. The smallest absolute Gasteiger partial charge is 0.274 e. The van der Waals surface area contributed by atoms with E-state index in [0.717, 1.165) is 22.5 Å². The standard InChI is InChI=1S/C21H22N4O/c1-13-5-7-17(8-6-13)23-21-22-10-9-18(24-21)20(26)25-19-15(3)11-14(2)12-16(19)4/h5-12H,1-4H3,(H,25,26)(H,22,23,24). The van der Waals surface area contributed by atoms with Crippen LogP contribution >= 0.6 is 0 Å². The Morgan fingerprint density at radius 3 is 2.19 bits per heavy atom. The van der Waals surface area contributed by atoms with Crippen molar-refractivity contribution in [3.05, 3.63) is 76.6 Å².